The fourth-order valence-electron chi connectivity index (χ4n) is 1.98. The molecule has 0 aliphatic carbocycles. The van der Waals surface area contributed by atoms with E-state index >= 15 is 0 Å². The summed E-state index contributed by atoms with van der Waals surface area (Å²) in [6.07, 6.45) is -0.504. The first-order valence-electron chi connectivity index (χ1n) is 7.62. The van der Waals surface area contributed by atoms with Crippen molar-refractivity contribution in [1.82, 2.24) is 4.90 Å². The molecule has 1 amide bonds. The van der Waals surface area contributed by atoms with Gasteiger partial charge in [-0.25, -0.2) is 9.59 Å². The van der Waals surface area contributed by atoms with E-state index in [0.29, 0.717) is 13.1 Å². The van der Waals surface area contributed by atoms with E-state index in [1.165, 1.54) is 0 Å². The van der Waals surface area contributed by atoms with E-state index in [9.17, 15) is 9.59 Å². The maximum atomic E-state index is 11.7. The Hall–Kier alpha value is -2.08. The number of likely N-dealkylation sites (tertiary alicyclic amines) is 1. The summed E-state index contributed by atoms with van der Waals surface area (Å²) in [7, 11) is 0. The maximum Gasteiger partial charge on any atom is 0.410 e. The van der Waals surface area contributed by atoms with Crippen LogP contribution in [0.5, 0.6) is 0 Å². The lowest BCUT2D eigenvalue weighted by molar-refractivity contribution is -0.155. The number of benzene rings is 1. The lowest BCUT2D eigenvalue weighted by Gasteiger charge is -2.39. The van der Waals surface area contributed by atoms with E-state index in [1.807, 2.05) is 51.1 Å². The van der Waals surface area contributed by atoms with Crippen molar-refractivity contribution in [2.45, 2.75) is 39.1 Å². The zero-order chi connectivity index (χ0) is 16.9. The molecule has 1 saturated heterocycles. The average Bonchev–Trinajstić information content (AvgIpc) is 2.42. The minimum atomic E-state index is -0.510. The van der Waals surface area contributed by atoms with Crippen LogP contribution in [0.1, 0.15) is 26.3 Å². The number of nitrogens with zero attached hydrogens (tertiary/aromatic N) is 1. The Balaban J connectivity index is 1.59. The maximum absolute atomic E-state index is 11.7. The number of hydrogen-bond donors (Lipinski definition) is 0. The minimum absolute atomic E-state index is 0.111. The van der Waals surface area contributed by atoms with Crippen molar-refractivity contribution >= 4 is 12.1 Å². The van der Waals surface area contributed by atoms with Gasteiger partial charge in [-0.05, 0) is 26.3 Å². The molecule has 1 aliphatic rings. The summed E-state index contributed by atoms with van der Waals surface area (Å²) in [5.41, 5.74) is 0.421. The van der Waals surface area contributed by atoms with Crippen molar-refractivity contribution in [1.29, 1.82) is 0 Å². The number of carbonyl (C=O) groups is 2. The standard InChI is InChI=1S/C17H23NO5/c1-17(2,3)23-16(20)18-9-14(10-18)21-12-15(19)22-11-13-7-5-4-6-8-13/h4-8,14H,9-12H2,1-3H3. The van der Waals surface area contributed by atoms with Crippen molar-refractivity contribution in [3.63, 3.8) is 0 Å². The Morgan fingerprint density at radius 1 is 1.17 bits per heavy atom. The van der Waals surface area contributed by atoms with Crippen LogP contribution in [0.25, 0.3) is 0 Å². The summed E-state index contributed by atoms with van der Waals surface area (Å²) in [6, 6.07) is 9.46. The molecular weight excluding hydrogens is 298 g/mol. The van der Waals surface area contributed by atoms with Gasteiger partial charge >= 0.3 is 12.1 Å². The van der Waals surface area contributed by atoms with Gasteiger partial charge in [-0.1, -0.05) is 30.3 Å². The molecule has 6 heteroatoms. The van der Waals surface area contributed by atoms with Crippen LogP contribution in [0, 0.1) is 0 Å². The molecule has 23 heavy (non-hydrogen) atoms. The lowest BCUT2D eigenvalue weighted by atomic mass is 10.2. The third kappa shape index (κ3) is 5.90. The Kier molecular flexibility index (Phi) is 5.60. The fraction of sp³-hybridized carbons (Fsp3) is 0.529. The summed E-state index contributed by atoms with van der Waals surface area (Å²) in [5.74, 6) is -0.412. The molecule has 0 unspecified atom stereocenters. The van der Waals surface area contributed by atoms with Crippen molar-refractivity contribution in [3.8, 4) is 0 Å². The second-order valence-corrected chi connectivity index (χ2v) is 6.46. The number of rotatable bonds is 5. The number of carbonyl (C=O) groups excluding carboxylic acids is 2. The summed E-state index contributed by atoms with van der Waals surface area (Å²) >= 11 is 0. The molecule has 2 rings (SSSR count). The summed E-state index contributed by atoms with van der Waals surface area (Å²) in [4.78, 5) is 24.9. The van der Waals surface area contributed by atoms with E-state index in [1.54, 1.807) is 4.90 Å². The minimum Gasteiger partial charge on any atom is -0.459 e. The van der Waals surface area contributed by atoms with Crippen LogP contribution >= 0.6 is 0 Å². The zero-order valence-electron chi connectivity index (χ0n) is 13.8. The quantitative estimate of drug-likeness (QED) is 0.779. The molecule has 1 aromatic carbocycles. The zero-order valence-corrected chi connectivity index (χ0v) is 13.8. The molecule has 0 atom stereocenters. The highest BCUT2D eigenvalue weighted by atomic mass is 16.6. The topological polar surface area (TPSA) is 65.1 Å². The van der Waals surface area contributed by atoms with Gasteiger partial charge in [-0.3, -0.25) is 0 Å². The Morgan fingerprint density at radius 2 is 1.83 bits per heavy atom. The predicted molar refractivity (Wildman–Crippen MR) is 83.8 cm³/mol. The molecule has 0 bridgehead atoms. The Bertz CT molecular complexity index is 532. The summed E-state index contributed by atoms with van der Waals surface area (Å²) in [6.45, 7) is 6.45. The molecule has 0 saturated carbocycles. The molecule has 0 radical (unpaired) electrons. The molecule has 1 aliphatic heterocycles. The van der Waals surface area contributed by atoms with Gasteiger partial charge in [0, 0.05) is 0 Å². The molecule has 0 N–H and O–H groups in total. The third-order valence-electron chi connectivity index (χ3n) is 3.18. The van der Waals surface area contributed by atoms with Gasteiger partial charge < -0.3 is 19.1 Å². The molecule has 126 valence electrons. The number of ether oxygens (including phenoxy) is 3. The van der Waals surface area contributed by atoms with E-state index in [0.717, 1.165) is 5.56 Å². The SMILES string of the molecule is CC(C)(C)OC(=O)N1CC(OCC(=O)OCc2ccccc2)C1. The van der Waals surface area contributed by atoms with Crippen LogP contribution in [0.4, 0.5) is 4.79 Å². The highest BCUT2D eigenvalue weighted by Crippen LogP contribution is 2.17. The summed E-state index contributed by atoms with van der Waals surface area (Å²) < 4.78 is 15.8. The van der Waals surface area contributed by atoms with E-state index in [4.69, 9.17) is 14.2 Å². The van der Waals surface area contributed by atoms with E-state index in [-0.39, 0.29) is 25.4 Å². The predicted octanol–water partition coefficient (Wildman–Crippen LogP) is 2.37. The van der Waals surface area contributed by atoms with Crippen molar-refractivity contribution in [2.75, 3.05) is 19.7 Å². The first kappa shape index (κ1) is 17.3. The molecule has 1 fully saturated rings. The van der Waals surface area contributed by atoms with Gasteiger partial charge in [0.1, 0.15) is 18.8 Å². The van der Waals surface area contributed by atoms with Gasteiger partial charge in [0.2, 0.25) is 0 Å². The van der Waals surface area contributed by atoms with Gasteiger partial charge in [0.25, 0.3) is 0 Å². The lowest BCUT2D eigenvalue weighted by Crippen LogP contribution is -2.56. The van der Waals surface area contributed by atoms with E-state index < -0.39 is 11.6 Å². The second kappa shape index (κ2) is 7.46. The molecule has 1 aromatic rings. The fourth-order valence-corrected chi connectivity index (χ4v) is 1.98. The average molecular weight is 321 g/mol. The first-order valence-corrected chi connectivity index (χ1v) is 7.62. The van der Waals surface area contributed by atoms with Gasteiger partial charge in [-0.2, -0.15) is 0 Å². The number of hydrogen-bond acceptors (Lipinski definition) is 5. The number of amides is 1. The monoisotopic (exact) mass is 321 g/mol. The Labute approximate surface area is 136 Å². The number of esters is 1. The van der Waals surface area contributed by atoms with Gasteiger partial charge in [0.15, 0.2) is 0 Å². The highest BCUT2D eigenvalue weighted by molar-refractivity contribution is 5.71. The van der Waals surface area contributed by atoms with Crippen LogP contribution in [0.2, 0.25) is 0 Å². The third-order valence-corrected chi connectivity index (χ3v) is 3.18. The molecule has 0 spiro atoms. The Morgan fingerprint density at radius 3 is 2.43 bits per heavy atom. The smallest absolute Gasteiger partial charge is 0.410 e. The van der Waals surface area contributed by atoms with Crippen LogP contribution in [0.15, 0.2) is 30.3 Å². The van der Waals surface area contributed by atoms with Crippen molar-refractivity contribution < 1.29 is 23.8 Å². The van der Waals surface area contributed by atoms with Crippen LogP contribution in [-0.2, 0) is 25.6 Å². The van der Waals surface area contributed by atoms with E-state index in [2.05, 4.69) is 0 Å². The second-order valence-electron chi connectivity index (χ2n) is 6.46. The summed E-state index contributed by atoms with van der Waals surface area (Å²) in [5, 5.41) is 0. The molecule has 6 nitrogen and oxygen atoms in total. The van der Waals surface area contributed by atoms with Crippen LogP contribution in [-0.4, -0.2) is 48.4 Å². The normalized spacial score (nSPS) is 15.0. The molecule has 1 heterocycles. The van der Waals surface area contributed by atoms with Crippen molar-refractivity contribution in [3.05, 3.63) is 35.9 Å². The van der Waals surface area contributed by atoms with Gasteiger partial charge in [-0.15, -0.1) is 0 Å². The highest BCUT2D eigenvalue weighted by Gasteiger charge is 2.34. The van der Waals surface area contributed by atoms with Gasteiger partial charge in [0.05, 0.1) is 19.2 Å². The largest absolute Gasteiger partial charge is 0.459 e. The molecular formula is C17H23NO5. The van der Waals surface area contributed by atoms with Crippen LogP contribution in [0.3, 0.4) is 0 Å². The van der Waals surface area contributed by atoms with Crippen LogP contribution < -0.4 is 0 Å². The first-order chi connectivity index (χ1) is 10.8. The van der Waals surface area contributed by atoms with Crippen molar-refractivity contribution in [2.24, 2.45) is 0 Å². The molecule has 0 aromatic heterocycles.